The van der Waals surface area contributed by atoms with Crippen molar-refractivity contribution < 1.29 is 14.3 Å². The third-order valence-corrected chi connectivity index (χ3v) is 3.35. The van der Waals surface area contributed by atoms with Crippen LogP contribution in [0.1, 0.15) is 26.3 Å². The molecular weight excluding hydrogens is 326 g/mol. The highest BCUT2D eigenvalue weighted by atomic mass is 16.6. The Bertz CT molecular complexity index is 663. The Balaban J connectivity index is 0.00000163. The monoisotopic (exact) mass is 355 g/mol. The summed E-state index contributed by atoms with van der Waals surface area (Å²) in [4.78, 5) is 4.77. The van der Waals surface area contributed by atoms with Gasteiger partial charge in [0.15, 0.2) is 0 Å². The molecule has 4 heteroatoms. The van der Waals surface area contributed by atoms with Crippen LogP contribution in [-0.4, -0.2) is 33.1 Å². The smallest absolute Gasteiger partial charge is 0.119 e. The lowest BCUT2D eigenvalue weighted by atomic mass is 10.0. The van der Waals surface area contributed by atoms with Crippen molar-refractivity contribution in [3.8, 4) is 16.9 Å². The van der Waals surface area contributed by atoms with E-state index in [-0.39, 0.29) is 0 Å². The average molecular weight is 355 g/mol. The van der Waals surface area contributed by atoms with E-state index in [0.717, 1.165) is 29.0 Å². The Morgan fingerprint density at radius 2 is 1.62 bits per heavy atom. The minimum atomic E-state index is 0.531. The lowest BCUT2D eigenvalue weighted by molar-refractivity contribution is 0.177. The van der Waals surface area contributed by atoms with Crippen LogP contribution in [0, 0.1) is 0 Å². The van der Waals surface area contributed by atoms with Gasteiger partial charge in [0.2, 0.25) is 0 Å². The molecule has 0 aliphatic carbocycles. The first-order valence-electron chi connectivity index (χ1n) is 8.96. The van der Waals surface area contributed by atoms with Crippen molar-refractivity contribution in [2.45, 2.75) is 20.8 Å². The zero-order valence-electron chi connectivity index (χ0n) is 16.1. The van der Waals surface area contributed by atoms with Crippen LogP contribution in [0.2, 0.25) is 0 Å². The van der Waals surface area contributed by atoms with E-state index in [2.05, 4.69) is 11.2 Å². The summed E-state index contributed by atoms with van der Waals surface area (Å²) < 4.78 is 10.9. The Morgan fingerprint density at radius 1 is 0.923 bits per heavy atom. The van der Waals surface area contributed by atoms with Crippen LogP contribution in [0.25, 0.3) is 11.1 Å². The summed E-state index contributed by atoms with van der Waals surface area (Å²) in [5, 5.41) is 3.85. The fraction of sp³-hybridized carbons (Fsp3) is 0.318. The summed E-state index contributed by atoms with van der Waals surface area (Å²) in [7, 11) is 1.54. The number of nitrogens with zero attached hydrogens (tertiary/aromatic N) is 1. The first kappa shape index (κ1) is 21.5. The van der Waals surface area contributed by atoms with Crippen molar-refractivity contribution in [3.05, 3.63) is 66.2 Å². The maximum absolute atomic E-state index is 5.68. The van der Waals surface area contributed by atoms with E-state index in [9.17, 15) is 0 Å². The third-order valence-electron chi connectivity index (χ3n) is 3.35. The van der Waals surface area contributed by atoms with E-state index in [4.69, 9.17) is 14.3 Å². The number of rotatable bonds is 9. The quantitative estimate of drug-likeness (QED) is 0.264. The zero-order chi connectivity index (χ0) is 19.0. The molecule has 0 heterocycles. The van der Waals surface area contributed by atoms with Crippen molar-refractivity contribution >= 4 is 6.21 Å². The fourth-order valence-electron chi connectivity index (χ4n) is 2.18. The molecule has 0 radical (unpaired) electrons. The Labute approximate surface area is 157 Å². The van der Waals surface area contributed by atoms with E-state index >= 15 is 0 Å². The molecule has 140 valence electrons. The second kappa shape index (κ2) is 13.7. The van der Waals surface area contributed by atoms with Crippen LogP contribution >= 0.6 is 0 Å². The molecular formula is C22H29NO3. The van der Waals surface area contributed by atoms with Gasteiger partial charge >= 0.3 is 0 Å². The molecule has 0 aromatic heterocycles. The van der Waals surface area contributed by atoms with Crippen LogP contribution in [0.5, 0.6) is 5.75 Å². The lowest BCUT2D eigenvalue weighted by Gasteiger charge is -2.08. The predicted molar refractivity (Wildman–Crippen MR) is 109 cm³/mol. The number of hydrogen-bond donors (Lipinski definition) is 0. The Hall–Kier alpha value is -2.59. The summed E-state index contributed by atoms with van der Waals surface area (Å²) in [5.74, 6) is 0.836. The number of benzene rings is 2. The van der Waals surface area contributed by atoms with Crippen molar-refractivity contribution in [2.75, 3.05) is 26.9 Å². The summed E-state index contributed by atoms with van der Waals surface area (Å²) in [6.45, 7) is 7.86. The van der Waals surface area contributed by atoms with E-state index < -0.39 is 0 Å². The van der Waals surface area contributed by atoms with Gasteiger partial charge in [-0.2, -0.15) is 0 Å². The van der Waals surface area contributed by atoms with Gasteiger partial charge in [-0.15, -0.1) is 0 Å². The molecule has 0 atom stereocenters. The van der Waals surface area contributed by atoms with Gasteiger partial charge in [-0.1, -0.05) is 61.5 Å². The van der Waals surface area contributed by atoms with Gasteiger partial charge in [-0.25, -0.2) is 0 Å². The van der Waals surface area contributed by atoms with Crippen LogP contribution in [-0.2, 0) is 9.57 Å². The number of hydrogen-bond acceptors (Lipinski definition) is 4. The molecule has 0 fully saturated rings. The van der Waals surface area contributed by atoms with Gasteiger partial charge in [0, 0.05) is 12.2 Å². The topological polar surface area (TPSA) is 40.0 Å². The summed E-state index contributed by atoms with van der Waals surface area (Å²) in [6, 6.07) is 16.1. The van der Waals surface area contributed by atoms with Gasteiger partial charge in [-0.05, 0) is 36.3 Å². The van der Waals surface area contributed by atoms with Crippen LogP contribution in [0.3, 0.4) is 0 Å². The molecule has 0 aliphatic rings. The molecule has 0 bridgehead atoms. The molecule has 0 unspecified atom stereocenters. The molecule has 2 aromatic rings. The van der Waals surface area contributed by atoms with Gasteiger partial charge in [0.05, 0.1) is 12.8 Å². The second-order valence-electron chi connectivity index (χ2n) is 4.97. The minimum Gasteiger partial charge on any atom is -0.490 e. The normalized spacial score (nSPS) is 10.6. The molecule has 0 amide bonds. The number of oxime groups is 1. The molecule has 2 rings (SSSR count). The molecule has 4 nitrogen and oxygen atoms in total. The van der Waals surface area contributed by atoms with Crippen LogP contribution < -0.4 is 4.74 Å². The van der Waals surface area contributed by atoms with Crippen LogP contribution in [0.4, 0.5) is 0 Å². The largest absolute Gasteiger partial charge is 0.490 e. The van der Waals surface area contributed by atoms with E-state index in [1.165, 1.54) is 7.11 Å². The Kier molecular flexibility index (Phi) is 11.3. The minimum absolute atomic E-state index is 0.531. The summed E-state index contributed by atoms with van der Waals surface area (Å²) >= 11 is 0. The molecule has 0 N–H and O–H groups in total. The third kappa shape index (κ3) is 7.53. The van der Waals surface area contributed by atoms with Crippen molar-refractivity contribution in [1.29, 1.82) is 0 Å². The average Bonchev–Trinajstić information content (AvgIpc) is 2.71. The number of ether oxygens (including phenoxy) is 2. The maximum Gasteiger partial charge on any atom is 0.119 e. The van der Waals surface area contributed by atoms with Gasteiger partial charge < -0.3 is 14.3 Å². The molecule has 0 saturated carbocycles. The summed E-state index contributed by atoms with van der Waals surface area (Å²) in [6.07, 6.45) is 5.63. The first-order valence-corrected chi connectivity index (χ1v) is 8.96. The standard InChI is InChI=1S/C20H23NO3.C2H6/c1-3-23-14-6-7-15-24-19-12-10-17(11-13-19)20-9-5-4-8-18(20)16-21-22-2;1-2/h4-13,16H,3,14-15H2,1-2H3;1-2H3/b7-6+,21-16-;. The second-order valence-corrected chi connectivity index (χ2v) is 4.97. The zero-order valence-corrected chi connectivity index (χ0v) is 16.1. The summed E-state index contributed by atoms with van der Waals surface area (Å²) in [5.41, 5.74) is 3.21. The molecule has 0 saturated heterocycles. The SMILES string of the molecule is CC.CCOC/C=C/COc1ccc(-c2ccccc2/C=N\OC)cc1. The van der Waals surface area contributed by atoms with E-state index in [0.29, 0.717) is 13.2 Å². The predicted octanol–water partition coefficient (Wildman–Crippen LogP) is 5.33. The van der Waals surface area contributed by atoms with Crippen molar-refractivity contribution in [3.63, 3.8) is 0 Å². The van der Waals surface area contributed by atoms with Gasteiger partial charge in [-0.3, -0.25) is 0 Å². The fourth-order valence-corrected chi connectivity index (χ4v) is 2.18. The lowest BCUT2D eigenvalue weighted by Crippen LogP contribution is -1.95. The highest BCUT2D eigenvalue weighted by molar-refractivity contribution is 5.90. The highest BCUT2D eigenvalue weighted by Crippen LogP contribution is 2.25. The van der Waals surface area contributed by atoms with E-state index in [1.807, 2.05) is 75.4 Å². The Morgan fingerprint density at radius 3 is 2.31 bits per heavy atom. The van der Waals surface area contributed by atoms with Crippen molar-refractivity contribution in [2.24, 2.45) is 5.16 Å². The van der Waals surface area contributed by atoms with Crippen LogP contribution in [0.15, 0.2) is 65.8 Å². The maximum atomic E-state index is 5.68. The highest BCUT2D eigenvalue weighted by Gasteiger charge is 2.03. The first-order chi connectivity index (χ1) is 12.8. The molecule has 2 aromatic carbocycles. The molecule has 0 aliphatic heterocycles. The molecule has 26 heavy (non-hydrogen) atoms. The van der Waals surface area contributed by atoms with Crippen molar-refractivity contribution in [1.82, 2.24) is 0 Å². The molecule has 0 spiro atoms. The van der Waals surface area contributed by atoms with Gasteiger partial charge in [0.25, 0.3) is 0 Å². The van der Waals surface area contributed by atoms with E-state index in [1.54, 1.807) is 6.21 Å². The van der Waals surface area contributed by atoms with Gasteiger partial charge in [0.1, 0.15) is 19.5 Å².